The van der Waals surface area contributed by atoms with Crippen LogP contribution in [0.15, 0.2) is 18.2 Å². The van der Waals surface area contributed by atoms with Crippen molar-refractivity contribution in [2.45, 2.75) is 12.6 Å². The first-order valence-electron chi connectivity index (χ1n) is 4.70. The largest absolute Gasteiger partial charge is 0.416 e. The van der Waals surface area contributed by atoms with Crippen molar-refractivity contribution in [2.24, 2.45) is 0 Å². The quantitative estimate of drug-likeness (QED) is 0.452. The molecule has 1 rings (SSSR count). The average molecular weight is 261 g/mol. The van der Waals surface area contributed by atoms with Crippen LogP contribution in [0.4, 0.5) is 13.2 Å². The van der Waals surface area contributed by atoms with Crippen molar-refractivity contribution in [3.8, 4) is 11.8 Å². The standard InChI is InChI=1S/C12H8ClF3O/c13-6-2-1-3-9-4-5-11(12(14,15)16)7-10(9)8-17/h4-5,7-8H,2,6H2. The first-order chi connectivity index (χ1) is 7.99. The number of benzene rings is 1. The van der Waals surface area contributed by atoms with Crippen molar-refractivity contribution in [1.29, 1.82) is 0 Å². The van der Waals surface area contributed by atoms with Crippen molar-refractivity contribution < 1.29 is 18.0 Å². The molecule has 0 saturated carbocycles. The van der Waals surface area contributed by atoms with Gasteiger partial charge in [-0.25, -0.2) is 0 Å². The number of halogens is 4. The lowest BCUT2D eigenvalue weighted by Crippen LogP contribution is -2.06. The lowest BCUT2D eigenvalue weighted by atomic mass is 10.0. The molecule has 1 aromatic carbocycles. The maximum Gasteiger partial charge on any atom is 0.416 e. The van der Waals surface area contributed by atoms with E-state index in [1.807, 2.05) is 0 Å². The van der Waals surface area contributed by atoms with Crippen LogP contribution in [-0.4, -0.2) is 12.2 Å². The summed E-state index contributed by atoms with van der Waals surface area (Å²) in [6.07, 6.45) is -3.68. The van der Waals surface area contributed by atoms with Crippen LogP contribution in [-0.2, 0) is 6.18 Å². The molecule has 0 N–H and O–H groups in total. The van der Waals surface area contributed by atoms with Gasteiger partial charge in [0.2, 0.25) is 0 Å². The fourth-order valence-electron chi connectivity index (χ4n) is 1.16. The van der Waals surface area contributed by atoms with Gasteiger partial charge in [0.15, 0.2) is 6.29 Å². The van der Waals surface area contributed by atoms with E-state index in [-0.39, 0.29) is 11.1 Å². The molecular weight excluding hydrogens is 253 g/mol. The minimum absolute atomic E-state index is 0.0677. The van der Waals surface area contributed by atoms with E-state index in [9.17, 15) is 18.0 Å². The van der Waals surface area contributed by atoms with Crippen LogP contribution in [0.3, 0.4) is 0 Å². The minimum atomic E-state index is -4.46. The van der Waals surface area contributed by atoms with Gasteiger partial charge in [-0.1, -0.05) is 11.8 Å². The average Bonchev–Trinajstić information content (AvgIpc) is 2.28. The third-order valence-electron chi connectivity index (χ3n) is 1.95. The summed E-state index contributed by atoms with van der Waals surface area (Å²) < 4.78 is 37.1. The number of aldehydes is 1. The summed E-state index contributed by atoms with van der Waals surface area (Å²) in [5.74, 6) is 5.61. The highest BCUT2D eigenvalue weighted by Gasteiger charge is 2.30. The molecule has 90 valence electrons. The van der Waals surface area contributed by atoms with Crippen LogP contribution in [0.5, 0.6) is 0 Å². The smallest absolute Gasteiger partial charge is 0.298 e. The number of alkyl halides is 4. The summed E-state index contributed by atoms with van der Waals surface area (Å²) in [7, 11) is 0. The molecule has 1 aromatic rings. The van der Waals surface area contributed by atoms with E-state index < -0.39 is 11.7 Å². The Kier molecular flexibility index (Phi) is 4.59. The summed E-state index contributed by atoms with van der Waals surface area (Å²) >= 11 is 5.41. The molecule has 0 aliphatic carbocycles. The molecule has 0 bridgehead atoms. The molecule has 0 amide bonds. The summed E-state index contributed by atoms with van der Waals surface area (Å²) in [5, 5.41) is 0. The number of carbonyl (C=O) groups excluding carboxylic acids is 1. The van der Waals surface area contributed by atoms with Gasteiger partial charge in [-0.2, -0.15) is 13.2 Å². The van der Waals surface area contributed by atoms with Gasteiger partial charge in [0.1, 0.15) is 0 Å². The second-order valence-corrected chi connectivity index (χ2v) is 3.54. The van der Waals surface area contributed by atoms with Crippen molar-refractivity contribution in [3.05, 3.63) is 34.9 Å². The Balaban J connectivity index is 3.12. The van der Waals surface area contributed by atoms with Gasteiger partial charge in [0, 0.05) is 23.4 Å². The summed E-state index contributed by atoms with van der Waals surface area (Å²) in [6, 6.07) is 2.88. The number of hydrogen-bond donors (Lipinski definition) is 0. The van der Waals surface area contributed by atoms with E-state index >= 15 is 0 Å². The van der Waals surface area contributed by atoms with E-state index in [0.29, 0.717) is 18.6 Å². The second kappa shape index (κ2) is 5.74. The van der Waals surface area contributed by atoms with Crippen molar-refractivity contribution >= 4 is 17.9 Å². The molecule has 0 radical (unpaired) electrons. The Morgan fingerprint density at radius 3 is 2.59 bits per heavy atom. The molecule has 5 heteroatoms. The molecule has 0 unspecified atom stereocenters. The Morgan fingerprint density at radius 1 is 1.35 bits per heavy atom. The lowest BCUT2D eigenvalue weighted by molar-refractivity contribution is -0.137. The van der Waals surface area contributed by atoms with Crippen molar-refractivity contribution in [3.63, 3.8) is 0 Å². The Labute approximate surface area is 102 Å². The molecule has 0 saturated heterocycles. The molecule has 1 nitrogen and oxygen atoms in total. The Morgan fingerprint density at radius 2 is 2.06 bits per heavy atom. The van der Waals surface area contributed by atoms with E-state index in [4.69, 9.17) is 11.6 Å². The number of rotatable bonds is 2. The van der Waals surface area contributed by atoms with Gasteiger partial charge in [0.05, 0.1) is 5.56 Å². The molecule has 0 aromatic heterocycles. The number of carbonyl (C=O) groups is 1. The predicted octanol–water partition coefficient (Wildman–Crippen LogP) is 3.50. The fraction of sp³-hybridized carbons (Fsp3) is 0.250. The van der Waals surface area contributed by atoms with Gasteiger partial charge < -0.3 is 0 Å². The van der Waals surface area contributed by atoms with Crippen LogP contribution in [0, 0.1) is 11.8 Å². The predicted molar refractivity (Wildman–Crippen MR) is 59.0 cm³/mol. The first kappa shape index (κ1) is 13.6. The maximum absolute atomic E-state index is 12.4. The van der Waals surface area contributed by atoms with Crippen molar-refractivity contribution in [1.82, 2.24) is 0 Å². The van der Waals surface area contributed by atoms with Gasteiger partial charge in [-0.05, 0) is 18.2 Å². The normalized spacial score (nSPS) is 10.6. The highest BCUT2D eigenvalue weighted by atomic mass is 35.5. The van der Waals surface area contributed by atoms with Crippen LogP contribution in [0.25, 0.3) is 0 Å². The highest BCUT2D eigenvalue weighted by Crippen LogP contribution is 2.30. The van der Waals surface area contributed by atoms with E-state index in [2.05, 4.69) is 11.8 Å². The molecule has 0 atom stereocenters. The summed E-state index contributed by atoms with van der Waals surface area (Å²) in [4.78, 5) is 10.7. The second-order valence-electron chi connectivity index (χ2n) is 3.16. The lowest BCUT2D eigenvalue weighted by Gasteiger charge is -2.07. The third-order valence-corrected chi connectivity index (χ3v) is 2.14. The summed E-state index contributed by atoms with van der Waals surface area (Å²) in [6.45, 7) is 0. The Bertz CT molecular complexity index is 469. The van der Waals surface area contributed by atoms with Crippen LogP contribution in [0.2, 0.25) is 0 Å². The molecule has 17 heavy (non-hydrogen) atoms. The molecule has 0 aliphatic rings. The van der Waals surface area contributed by atoms with Gasteiger partial charge in [0.25, 0.3) is 0 Å². The minimum Gasteiger partial charge on any atom is -0.298 e. The molecule has 0 heterocycles. The topological polar surface area (TPSA) is 17.1 Å². The summed E-state index contributed by atoms with van der Waals surface area (Å²) in [5.41, 5.74) is -0.650. The zero-order valence-corrected chi connectivity index (χ0v) is 9.40. The first-order valence-corrected chi connectivity index (χ1v) is 5.23. The number of hydrogen-bond acceptors (Lipinski definition) is 1. The van der Waals surface area contributed by atoms with Crippen molar-refractivity contribution in [2.75, 3.05) is 5.88 Å². The van der Waals surface area contributed by atoms with Gasteiger partial charge in [-0.3, -0.25) is 4.79 Å². The molecule has 0 aliphatic heterocycles. The van der Waals surface area contributed by atoms with Crippen LogP contribution >= 0.6 is 11.6 Å². The van der Waals surface area contributed by atoms with E-state index in [0.717, 1.165) is 12.1 Å². The van der Waals surface area contributed by atoms with Crippen LogP contribution < -0.4 is 0 Å². The maximum atomic E-state index is 12.4. The molecule has 0 spiro atoms. The molecular formula is C12H8ClF3O. The zero-order valence-electron chi connectivity index (χ0n) is 8.64. The van der Waals surface area contributed by atoms with E-state index in [1.165, 1.54) is 6.07 Å². The molecule has 0 fully saturated rings. The highest BCUT2D eigenvalue weighted by molar-refractivity contribution is 6.18. The van der Waals surface area contributed by atoms with Gasteiger partial charge >= 0.3 is 6.18 Å². The SMILES string of the molecule is O=Cc1cc(C(F)(F)F)ccc1C#CCCCl. The van der Waals surface area contributed by atoms with Gasteiger partial charge in [-0.15, -0.1) is 11.6 Å². The monoisotopic (exact) mass is 260 g/mol. The van der Waals surface area contributed by atoms with E-state index in [1.54, 1.807) is 0 Å². The fourth-order valence-corrected chi connectivity index (χ4v) is 1.25. The third kappa shape index (κ3) is 3.79. The zero-order chi connectivity index (χ0) is 12.9. The van der Waals surface area contributed by atoms with Crippen LogP contribution in [0.1, 0.15) is 27.9 Å². The Hall–Kier alpha value is -1.47.